The minimum atomic E-state index is -0.525. The molecule has 0 spiro atoms. The second kappa shape index (κ2) is 9.03. The van der Waals surface area contributed by atoms with E-state index in [1.807, 2.05) is 44.2 Å². The molecular weight excluding hydrogens is 280 g/mol. The van der Waals surface area contributed by atoms with Crippen LogP contribution in [-0.4, -0.2) is 25.2 Å². The second-order valence-corrected chi connectivity index (χ2v) is 5.65. The summed E-state index contributed by atoms with van der Waals surface area (Å²) in [7, 11) is 1.35. The average molecular weight is 304 g/mol. The van der Waals surface area contributed by atoms with Gasteiger partial charge < -0.3 is 9.47 Å². The van der Waals surface area contributed by atoms with Gasteiger partial charge >= 0.3 is 11.9 Å². The molecule has 0 saturated carbocycles. The van der Waals surface area contributed by atoms with E-state index >= 15 is 0 Å². The van der Waals surface area contributed by atoms with E-state index in [4.69, 9.17) is 9.47 Å². The first-order chi connectivity index (χ1) is 10.4. The van der Waals surface area contributed by atoms with Crippen molar-refractivity contribution in [2.45, 2.75) is 33.3 Å². The Morgan fingerprint density at radius 3 is 2.32 bits per heavy atom. The summed E-state index contributed by atoms with van der Waals surface area (Å²) < 4.78 is 10.1. The highest BCUT2D eigenvalue weighted by atomic mass is 16.6. The molecule has 0 heterocycles. The Morgan fingerprint density at radius 1 is 1.14 bits per heavy atom. The van der Waals surface area contributed by atoms with Gasteiger partial charge in [0.1, 0.15) is 6.10 Å². The minimum absolute atomic E-state index is 0.310. The van der Waals surface area contributed by atoms with Gasteiger partial charge in [-0.05, 0) is 30.9 Å². The molecule has 22 heavy (non-hydrogen) atoms. The van der Waals surface area contributed by atoms with Crippen LogP contribution in [0, 0.1) is 11.8 Å². The second-order valence-electron chi connectivity index (χ2n) is 5.65. The zero-order chi connectivity index (χ0) is 16.5. The maximum atomic E-state index is 11.9. The summed E-state index contributed by atoms with van der Waals surface area (Å²) in [4.78, 5) is 23.7. The van der Waals surface area contributed by atoms with Crippen LogP contribution in [0.25, 0.3) is 6.08 Å². The van der Waals surface area contributed by atoms with Gasteiger partial charge in [-0.2, -0.15) is 0 Å². The molecule has 0 aliphatic heterocycles. The van der Waals surface area contributed by atoms with Crippen LogP contribution in [0.1, 0.15) is 32.8 Å². The highest BCUT2D eigenvalue weighted by Crippen LogP contribution is 2.20. The predicted octanol–water partition coefficient (Wildman–Crippen LogP) is 3.47. The van der Waals surface area contributed by atoms with Gasteiger partial charge in [-0.1, -0.05) is 44.2 Å². The molecule has 0 aromatic heterocycles. The van der Waals surface area contributed by atoms with E-state index in [1.54, 1.807) is 13.0 Å². The molecule has 0 saturated heterocycles. The van der Waals surface area contributed by atoms with Gasteiger partial charge in [0.15, 0.2) is 0 Å². The molecule has 4 nitrogen and oxygen atoms in total. The summed E-state index contributed by atoms with van der Waals surface area (Å²) in [6, 6.07) is 9.48. The third-order valence-electron chi connectivity index (χ3n) is 3.31. The maximum absolute atomic E-state index is 11.9. The summed E-state index contributed by atoms with van der Waals surface area (Å²) >= 11 is 0. The van der Waals surface area contributed by atoms with Crippen molar-refractivity contribution in [2.75, 3.05) is 7.11 Å². The largest absolute Gasteiger partial charge is 0.469 e. The fraction of sp³-hybridized carbons (Fsp3) is 0.444. The molecule has 0 radical (unpaired) electrons. The van der Waals surface area contributed by atoms with E-state index < -0.39 is 18.0 Å². The van der Waals surface area contributed by atoms with E-state index in [0.717, 1.165) is 5.56 Å². The Kier molecular flexibility index (Phi) is 7.37. The van der Waals surface area contributed by atoms with E-state index in [9.17, 15) is 9.59 Å². The van der Waals surface area contributed by atoms with Crippen molar-refractivity contribution < 1.29 is 19.1 Å². The van der Waals surface area contributed by atoms with E-state index in [2.05, 4.69) is 0 Å². The molecule has 0 aliphatic rings. The SMILES string of the molecule is COC(=O)C(CC(C)C)C(C)OC(=O)C=Cc1ccccc1. The Bertz CT molecular complexity index is 505. The molecule has 2 unspecified atom stereocenters. The number of hydrogen-bond acceptors (Lipinski definition) is 4. The molecule has 1 rings (SSSR count). The lowest BCUT2D eigenvalue weighted by Crippen LogP contribution is -2.32. The minimum Gasteiger partial charge on any atom is -0.469 e. The van der Waals surface area contributed by atoms with E-state index in [0.29, 0.717) is 12.3 Å². The lowest BCUT2D eigenvalue weighted by atomic mass is 9.93. The summed E-state index contributed by atoms with van der Waals surface area (Å²) in [5, 5.41) is 0. The number of rotatable bonds is 7. The average Bonchev–Trinajstić information content (AvgIpc) is 2.50. The lowest BCUT2D eigenvalue weighted by molar-refractivity contribution is -0.157. The number of ether oxygens (including phenoxy) is 2. The van der Waals surface area contributed by atoms with Crippen molar-refractivity contribution in [3.05, 3.63) is 42.0 Å². The molecule has 0 aliphatic carbocycles. The number of carbonyl (C=O) groups excluding carboxylic acids is 2. The van der Waals surface area contributed by atoms with Gasteiger partial charge in [-0.25, -0.2) is 4.79 Å². The van der Waals surface area contributed by atoms with Gasteiger partial charge in [0.25, 0.3) is 0 Å². The summed E-state index contributed by atoms with van der Waals surface area (Å²) in [6.45, 7) is 5.75. The fourth-order valence-electron chi connectivity index (χ4n) is 2.17. The number of esters is 2. The monoisotopic (exact) mass is 304 g/mol. The van der Waals surface area contributed by atoms with Crippen molar-refractivity contribution in [1.29, 1.82) is 0 Å². The van der Waals surface area contributed by atoms with Crippen molar-refractivity contribution in [3.63, 3.8) is 0 Å². The molecule has 1 aromatic rings. The highest BCUT2D eigenvalue weighted by molar-refractivity contribution is 5.87. The predicted molar refractivity (Wildman–Crippen MR) is 86.0 cm³/mol. The van der Waals surface area contributed by atoms with E-state index in [1.165, 1.54) is 13.2 Å². The number of benzene rings is 1. The van der Waals surface area contributed by atoms with Gasteiger partial charge in [0.05, 0.1) is 13.0 Å². The van der Waals surface area contributed by atoms with Crippen LogP contribution in [0.3, 0.4) is 0 Å². The Labute approximate surface area is 132 Å². The van der Waals surface area contributed by atoms with Crippen molar-refractivity contribution in [2.24, 2.45) is 11.8 Å². The first-order valence-corrected chi connectivity index (χ1v) is 7.45. The third kappa shape index (κ3) is 6.12. The van der Waals surface area contributed by atoms with Crippen LogP contribution >= 0.6 is 0 Å². The van der Waals surface area contributed by atoms with Crippen LogP contribution in [0.15, 0.2) is 36.4 Å². The molecule has 4 heteroatoms. The molecule has 0 bridgehead atoms. The van der Waals surface area contributed by atoms with Crippen LogP contribution in [0.4, 0.5) is 0 Å². The normalized spacial score (nSPS) is 13.9. The number of methoxy groups -OCH3 is 1. The molecule has 0 fully saturated rings. The summed E-state index contributed by atoms with van der Waals surface area (Å²) in [5.41, 5.74) is 0.916. The molecule has 0 N–H and O–H groups in total. The van der Waals surface area contributed by atoms with Gasteiger partial charge in [-0.15, -0.1) is 0 Å². The highest BCUT2D eigenvalue weighted by Gasteiger charge is 2.29. The van der Waals surface area contributed by atoms with Gasteiger partial charge in [0, 0.05) is 6.08 Å². The quantitative estimate of drug-likeness (QED) is 0.572. The summed E-state index contributed by atoms with van der Waals surface area (Å²) in [6.07, 6.45) is 3.15. The first kappa shape index (κ1) is 18.0. The molecule has 1 aromatic carbocycles. The topological polar surface area (TPSA) is 52.6 Å². The molecule has 0 amide bonds. The molecule has 2 atom stereocenters. The fourth-order valence-corrected chi connectivity index (χ4v) is 2.17. The first-order valence-electron chi connectivity index (χ1n) is 7.45. The Morgan fingerprint density at radius 2 is 1.77 bits per heavy atom. The zero-order valence-electron chi connectivity index (χ0n) is 13.6. The smallest absolute Gasteiger partial charge is 0.331 e. The standard InChI is InChI=1S/C18H24O4/c1-13(2)12-16(18(20)21-4)14(3)22-17(19)11-10-15-8-6-5-7-9-15/h5-11,13-14,16H,12H2,1-4H3. The van der Waals surface area contributed by atoms with Crippen LogP contribution < -0.4 is 0 Å². The van der Waals surface area contributed by atoms with E-state index in [-0.39, 0.29) is 5.97 Å². The summed E-state index contributed by atoms with van der Waals surface area (Å²) in [5.74, 6) is -0.945. The van der Waals surface area contributed by atoms with Crippen molar-refractivity contribution >= 4 is 18.0 Å². The van der Waals surface area contributed by atoms with Crippen molar-refractivity contribution in [1.82, 2.24) is 0 Å². The Hall–Kier alpha value is -2.10. The lowest BCUT2D eigenvalue weighted by Gasteiger charge is -2.22. The molecular formula is C18H24O4. The van der Waals surface area contributed by atoms with Gasteiger partial charge in [0.2, 0.25) is 0 Å². The maximum Gasteiger partial charge on any atom is 0.331 e. The molecule has 120 valence electrons. The van der Waals surface area contributed by atoms with Crippen molar-refractivity contribution in [3.8, 4) is 0 Å². The number of carbonyl (C=O) groups is 2. The Balaban J connectivity index is 2.64. The van der Waals surface area contributed by atoms with Crippen LogP contribution in [-0.2, 0) is 19.1 Å². The van der Waals surface area contributed by atoms with Crippen LogP contribution in [0.2, 0.25) is 0 Å². The number of hydrogen-bond donors (Lipinski definition) is 0. The van der Waals surface area contributed by atoms with Gasteiger partial charge in [-0.3, -0.25) is 4.79 Å². The zero-order valence-corrected chi connectivity index (χ0v) is 13.6. The van der Waals surface area contributed by atoms with Crippen LogP contribution in [0.5, 0.6) is 0 Å². The third-order valence-corrected chi connectivity index (χ3v) is 3.31.